The molecule has 0 aliphatic carbocycles. The van der Waals surface area contributed by atoms with E-state index in [1.54, 1.807) is 54.6 Å². The fraction of sp³-hybridized carbons (Fsp3) is 0.345. The van der Waals surface area contributed by atoms with Gasteiger partial charge in [0.2, 0.25) is 0 Å². The molecular weight excluding hydrogens is 470 g/mol. The molecule has 0 bridgehead atoms. The number of hydrogen-bond acceptors (Lipinski definition) is 4. The van der Waals surface area contributed by atoms with Crippen LogP contribution in [-0.2, 0) is 16.6 Å². The Morgan fingerprint density at radius 2 is 1.42 bits per heavy atom. The zero-order valence-corrected chi connectivity index (χ0v) is 21.5. The van der Waals surface area contributed by atoms with Gasteiger partial charge in [0, 0.05) is 6.54 Å². The molecule has 7 heteroatoms. The van der Waals surface area contributed by atoms with E-state index in [-0.39, 0.29) is 17.3 Å². The molecule has 6 nitrogen and oxygen atoms in total. The molecule has 4 rings (SSSR count). The van der Waals surface area contributed by atoms with Gasteiger partial charge in [0.1, 0.15) is 0 Å². The molecule has 0 saturated carbocycles. The van der Waals surface area contributed by atoms with Crippen LogP contribution >= 0.6 is 0 Å². The van der Waals surface area contributed by atoms with Gasteiger partial charge < -0.3 is 10.2 Å². The fourth-order valence-electron chi connectivity index (χ4n) is 4.61. The molecule has 1 aliphatic rings. The Kier molecular flexibility index (Phi) is 9.14. The Morgan fingerprint density at radius 1 is 0.806 bits per heavy atom. The molecule has 0 spiro atoms. The molecular formula is C29H35N3O3S. The summed E-state index contributed by atoms with van der Waals surface area (Å²) in [6, 6.07) is 24.7. The minimum absolute atomic E-state index is 0.122. The highest BCUT2D eigenvalue weighted by atomic mass is 32.2. The molecule has 0 aromatic heterocycles. The summed E-state index contributed by atoms with van der Waals surface area (Å²) in [5.41, 5.74) is 1.56. The maximum Gasteiger partial charge on any atom is 0.264 e. The molecule has 190 valence electrons. The minimum Gasteiger partial charge on any atom is -0.352 e. The van der Waals surface area contributed by atoms with E-state index in [1.165, 1.54) is 30.0 Å². The smallest absolute Gasteiger partial charge is 0.264 e. The molecule has 1 fully saturated rings. The molecule has 36 heavy (non-hydrogen) atoms. The summed E-state index contributed by atoms with van der Waals surface area (Å²) in [6.07, 6.45) is 5.95. The first-order chi connectivity index (χ1) is 17.6. The van der Waals surface area contributed by atoms with Gasteiger partial charge in [0.05, 0.1) is 22.7 Å². The summed E-state index contributed by atoms with van der Waals surface area (Å²) < 4.78 is 28.9. The predicted octanol–water partition coefficient (Wildman–Crippen LogP) is 5.08. The lowest BCUT2D eigenvalue weighted by atomic mass is 10.1. The number of rotatable bonds is 10. The lowest BCUT2D eigenvalue weighted by Crippen LogP contribution is -2.34. The van der Waals surface area contributed by atoms with Gasteiger partial charge in [-0.2, -0.15) is 0 Å². The molecule has 1 N–H and O–H groups in total. The second-order valence-electron chi connectivity index (χ2n) is 9.19. The maximum absolute atomic E-state index is 13.8. The van der Waals surface area contributed by atoms with Crippen molar-refractivity contribution in [2.24, 2.45) is 0 Å². The van der Waals surface area contributed by atoms with E-state index in [0.717, 1.165) is 31.6 Å². The Labute approximate surface area is 215 Å². The molecule has 3 aromatic carbocycles. The Hall–Kier alpha value is -3.16. The van der Waals surface area contributed by atoms with Crippen molar-refractivity contribution >= 4 is 21.6 Å². The molecule has 0 unspecified atom stereocenters. The highest BCUT2D eigenvalue weighted by molar-refractivity contribution is 7.92. The number of anilines is 1. The average Bonchev–Trinajstić information content (AvgIpc) is 3.19. The maximum atomic E-state index is 13.8. The molecule has 0 atom stereocenters. The highest BCUT2D eigenvalue weighted by Gasteiger charge is 2.28. The average molecular weight is 506 g/mol. The van der Waals surface area contributed by atoms with E-state index in [2.05, 4.69) is 10.2 Å². The predicted molar refractivity (Wildman–Crippen MR) is 145 cm³/mol. The van der Waals surface area contributed by atoms with Gasteiger partial charge in [-0.3, -0.25) is 9.10 Å². The number of para-hydroxylation sites is 1. The van der Waals surface area contributed by atoms with E-state index in [1.807, 2.05) is 30.3 Å². The van der Waals surface area contributed by atoms with Gasteiger partial charge in [-0.1, -0.05) is 73.5 Å². The van der Waals surface area contributed by atoms with Crippen LogP contribution < -0.4 is 9.62 Å². The van der Waals surface area contributed by atoms with Crippen molar-refractivity contribution in [1.82, 2.24) is 10.2 Å². The molecule has 1 amide bonds. The standard InChI is InChI=1S/C29H35N3O3S/c33-29(30-20-13-23-31-21-11-1-2-12-22-31)27-18-9-10-19-28(27)32(24-25-14-5-3-6-15-25)36(34,35)26-16-7-4-8-17-26/h3-10,14-19H,1-2,11-13,20-24H2,(H,30,33). The number of nitrogens with zero attached hydrogens (tertiary/aromatic N) is 2. The first-order valence-electron chi connectivity index (χ1n) is 12.8. The van der Waals surface area contributed by atoms with E-state index in [0.29, 0.717) is 17.8 Å². The monoisotopic (exact) mass is 505 g/mol. The quantitative estimate of drug-likeness (QED) is 0.390. The number of benzene rings is 3. The van der Waals surface area contributed by atoms with Gasteiger partial charge in [0.15, 0.2) is 0 Å². The number of nitrogens with one attached hydrogen (secondary N) is 1. The van der Waals surface area contributed by atoms with Crippen LogP contribution in [-0.4, -0.2) is 45.4 Å². The lowest BCUT2D eigenvalue weighted by molar-refractivity contribution is 0.0952. The van der Waals surface area contributed by atoms with Crippen LogP contribution in [0.3, 0.4) is 0 Å². The number of carbonyl (C=O) groups is 1. The Morgan fingerprint density at radius 3 is 2.11 bits per heavy atom. The van der Waals surface area contributed by atoms with Gasteiger partial charge in [-0.05, 0) is 68.7 Å². The summed E-state index contributed by atoms with van der Waals surface area (Å²) in [4.78, 5) is 15.9. The van der Waals surface area contributed by atoms with Crippen molar-refractivity contribution in [3.05, 3.63) is 96.1 Å². The topological polar surface area (TPSA) is 69.7 Å². The molecule has 1 aliphatic heterocycles. The summed E-state index contributed by atoms with van der Waals surface area (Å²) in [6.45, 7) is 3.89. The largest absolute Gasteiger partial charge is 0.352 e. The first kappa shape index (κ1) is 25.9. The molecule has 1 saturated heterocycles. The van der Waals surface area contributed by atoms with Crippen LogP contribution in [0.1, 0.15) is 48.0 Å². The number of carbonyl (C=O) groups excluding carboxylic acids is 1. The molecule has 0 radical (unpaired) electrons. The third kappa shape index (κ3) is 6.74. The summed E-state index contributed by atoms with van der Waals surface area (Å²) in [7, 11) is -3.90. The third-order valence-corrected chi connectivity index (χ3v) is 8.33. The van der Waals surface area contributed by atoms with Crippen LogP contribution in [0, 0.1) is 0 Å². The van der Waals surface area contributed by atoms with Crippen molar-refractivity contribution in [2.45, 2.75) is 43.5 Å². The second-order valence-corrected chi connectivity index (χ2v) is 11.1. The summed E-state index contributed by atoms with van der Waals surface area (Å²) in [5.74, 6) is -0.261. The van der Waals surface area contributed by atoms with Crippen molar-refractivity contribution in [3.63, 3.8) is 0 Å². The lowest BCUT2D eigenvalue weighted by Gasteiger charge is -2.26. The highest BCUT2D eigenvalue weighted by Crippen LogP contribution is 2.29. The van der Waals surface area contributed by atoms with E-state index in [9.17, 15) is 13.2 Å². The number of sulfonamides is 1. The van der Waals surface area contributed by atoms with Crippen molar-refractivity contribution < 1.29 is 13.2 Å². The minimum atomic E-state index is -3.90. The third-order valence-electron chi connectivity index (χ3n) is 6.55. The summed E-state index contributed by atoms with van der Waals surface area (Å²) >= 11 is 0. The molecule has 1 heterocycles. The second kappa shape index (κ2) is 12.7. The number of likely N-dealkylation sites (tertiary alicyclic amines) is 1. The van der Waals surface area contributed by atoms with E-state index in [4.69, 9.17) is 0 Å². The normalized spacial score (nSPS) is 14.7. The number of hydrogen-bond donors (Lipinski definition) is 1. The fourth-order valence-corrected chi connectivity index (χ4v) is 6.10. The first-order valence-corrected chi connectivity index (χ1v) is 14.2. The van der Waals surface area contributed by atoms with Crippen LogP contribution in [0.4, 0.5) is 5.69 Å². The van der Waals surface area contributed by atoms with Crippen LogP contribution in [0.5, 0.6) is 0 Å². The van der Waals surface area contributed by atoms with E-state index >= 15 is 0 Å². The molecule has 3 aromatic rings. The van der Waals surface area contributed by atoms with E-state index < -0.39 is 10.0 Å². The van der Waals surface area contributed by atoms with Gasteiger partial charge in [-0.25, -0.2) is 8.42 Å². The van der Waals surface area contributed by atoms with Crippen molar-refractivity contribution in [3.8, 4) is 0 Å². The van der Waals surface area contributed by atoms with Crippen LogP contribution in [0.2, 0.25) is 0 Å². The number of amides is 1. The Bertz CT molecular complexity index is 1210. The Balaban J connectivity index is 1.54. The van der Waals surface area contributed by atoms with Crippen LogP contribution in [0.15, 0.2) is 89.8 Å². The van der Waals surface area contributed by atoms with Crippen molar-refractivity contribution in [2.75, 3.05) is 30.5 Å². The van der Waals surface area contributed by atoms with Crippen LogP contribution in [0.25, 0.3) is 0 Å². The van der Waals surface area contributed by atoms with Gasteiger partial charge in [0.25, 0.3) is 15.9 Å². The zero-order chi connectivity index (χ0) is 25.2. The van der Waals surface area contributed by atoms with Crippen molar-refractivity contribution in [1.29, 1.82) is 0 Å². The van der Waals surface area contributed by atoms with Gasteiger partial charge in [-0.15, -0.1) is 0 Å². The SMILES string of the molecule is O=C(NCCCN1CCCCCC1)c1ccccc1N(Cc1ccccc1)S(=O)(=O)c1ccccc1. The zero-order valence-electron chi connectivity index (χ0n) is 20.7. The summed E-state index contributed by atoms with van der Waals surface area (Å²) in [5, 5.41) is 3.02. The van der Waals surface area contributed by atoms with Gasteiger partial charge >= 0.3 is 0 Å².